The number of carboxylic acid groups (broad SMARTS) is 1. The maximum Gasteiger partial charge on any atom is 0.353 e. The highest BCUT2D eigenvalue weighted by Crippen LogP contribution is 2.47. The Labute approximate surface area is 125 Å². The second-order valence-corrected chi connectivity index (χ2v) is 5.94. The van der Waals surface area contributed by atoms with Crippen molar-refractivity contribution in [3.63, 3.8) is 0 Å². The first kappa shape index (κ1) is 15.6. The zero-order valence-corrected chi connectivity index (χ0v) is 12.4. The molecule has 3 N–H and O–H groups in total. The predicted octanol–water partition coefficient (Wildman–Crippen LogP) is 0.235. The van der Waals surface area contributed by atoms with Gasteiger partial charge in [-0.15, -0.1) is 0 Å². The maximum atomic E-state index is 11.9. The Morgan fingerprint density at radius 2 is 2.19 bits per heavy atom. The number of hydrogen-bond donors (Lipinski definition) is 3. The number of aliphatic hydroxyl groups is 1. The van der Waals surface area contributed by atoms with Gasteiger partial charge in [0.2, 0.25) is 11.8 Å². The zero-order chi connectivity index (χ0) is 15.7. The van der Waals surface area contributed by atoms with Gasteiger partial charge in [0.05, 0.1) is 18.1 Å². The van der Waals surface area contributed by atoms with Crippen LogP contribution < -0.4 is 5.32 Å². The molecule has 2 heterocycles. The molecule has 0 aromatic heterocycles. The third-order valence-electron chi connectivity index (χ3n) is 3.46. The molecule has 2 aliphatic rings. The molecule has 0 aliphatic carbocycles. The molecule has 0 aromatic carbocycles. The molecule has 7 nitrogen and oxygen atoms in total. The van der Waals surface area contributed by atoms with Crippen LogP contribution in [0.1, 0.15) is 20.3 Å². The van der Waals surface area contributed by atoms with E-state index in [1.807, 2.05) is 0 Å². The van der Waals surface area contributed by atoms with Gasteiger partial charge in [0, 0.05) is 24.4 Å². The van der Waals surface area contributed by atoms with E-state index in [1.165, 1.54) is 24.9 Å². The van der Waals surface area contributed by atoms with E-state index >= 15 is 0 Å². The van der Waals surface area contributed by atoms with E-state index in [1.54, 1.807) is 5.41 Å². The van der Waals surface area contributed by atoms with E-state index < -0.39 is 18.0 Å². The van der Waals surface area contributed by atoms with Crippen LogP contribution in [0.3, 0.4) is 0 Å². The van der Waals surface area contributed by atoms with E-state index in [0.717, 1.165) is 11.8 Å². The van der Waals surface area contributed by atoms with Crippen LogP contribution in [0.15, 0.2) is 22.2 Å². The molecule has 2 aliphatic heterocycles. The fourth-order valence-corrected chi connectivity index (χ4v) is 3.47. The van der Waals surface area contributed by atoms with Crippen LogP contribution in [0.4, 0.5) is 0 Å². The number of aliphatic hydroxyl groups excluding tert-OH is 1. The molecule has 0 aromatic rings. The monoisotopic (exact) mass is 312 g/mol. The molecule has 114 valence electrons. The van der Waals surface area contributed by atoms with Crippen molar-refractivity contribution in [2.45, 2.75) is 32.4 Å². The summed E-state index contributed by atoms with van der Waals surface area (Å²) in [7, 11) is 0. The molecule has 0 saturated carbocycles. The molecule has 3 atom stereocenters. The van der Waals surface area contributed by atoms with E-state index in [4.69, 9.17) is 0 Å². The first-order valence-electron chi connectivity index (χ1n) is 6.41. The van der Waals surface area contributed by atoms with Crippen LogP contribution in [0.5, 0.6) is 0 Å². The average molecular weight is 312 g/mol. The Balaban J connectivity index is 2.13. The van der Waals surface area contributed by atoms with Crippen molar-refractivity contribution >= 4 is 29.5 Å². The largest absolute Gasteiger partial charge is 0.477 e. The average Bonchev–Trinajstić information content (AvgIpc) is 2.68. The van der Waals surface area contributed by atoms with Gasteiger partial charge in [-0.05, 0) is 12.3 Å². The summed E-state index contributed by atoms with van der Waals surface area (Å²) < 4.78 is 0. The van der Waals surface area contributed by atoms with Crippen molar-refractivity contribution in [1.82, 2.24) is 10.2 Å². The summed E-state index contributed by atoms with van der Waals surface area (Å²) in [6.45, 7) is 2.90. The molecule has 2 unspecified atom stereocenters. The Bertz CT molecular complexity index is 555. The molecule has 2 amide bonds. The number of carboxylic acids is 1. The van der Waals surface area contributed by atoms with Gasteiger partial charge in [-0.3, -0.25) is 9.59 Å². The van der Waals surface area contributed by atoms with Crippen molar-refractivity contribution < 1.29 is 24.6 Å². The predicted molar refractivity (Wildman–Crippen MR) is 75.6 cm³/mol. The number of nitrogens with zero attached hydrogens (tertiary/aromatic N) is 1. The number of hydrogen-bond acceptors (Lipinski definition) is 5. The van der Waals surface area contributed by atoms with Crippen LogP contribution in [-0.4, -0.2) is 45.0 Å². The van der Waals surface area contributed by atoms with E-state index in [-0.39, 0.29) is 23.6 Å². The summed E-state index contributed by atoms with van der Waals surface area (Å²) in [6.07, 6.45) is 1.02. The lowest BCUT2D eigenvalue weighted by Gasteiger charge is -2.44. The number of carbonyl (C=O) groups excluding carboxylic acids is 2. The van der Waals surface area contributed by atoms with E-state index in [2.05, 4.69) is 5.32 Å². The lowest BCUT2D eigenvalue weighted by Crippen LogP contribution is -2.61. The van der Waals surface area contributed by atoms with Crippen molar-refractivity contribution in [3.05, 3.63) is 22.2 Å². The number of β-lactam (4-membered cyclic amide) rings is 1. The molecule has 21 heavy (non-hydrogen) atoms. The number of carbonyl (C=O) groups is 3. The first-order valence-corrected chi connectivity index (χ1v) is 7.29. The van der Waals surface area contributed by atoms with Crippen LogP contribution in [0.2, 0.25) is 0 Å². The van der Waals surface area contributed by atoms with E-state index in [9.17, 15) is 24.6 Å². The maximum absolute atomic E-state index is 11.9. The highest BCUT2D eigenvalue weighted by Gasteiger charge is 2.56. The minimum Gasteiger partial charge on any atom is -0.477 e. The van der Waals surface area contributed by atoms with Gasteiger partial charge in [0.25, 0.3) is 0 Å². The number of amides is 2. The minimum atomic E-state index is -1.16. The summed E-state index contributed by atoms with van der Waals surface area (Å²) in [5.74, 6) is -2.28. The summed E-state index contributed by atoms with van der Waals surface area (Å²) in [6, 6.07) is -0.291. The fraction of sp³-hybridized carbons (Fsp3) is 0.462. The zero-order valence-electron chi connectivity index (χ0n) is 11.6. The Kier molecular flexibility index (Phi) is 4.38. The number of fused-ring (bicyclic) bond motifs is 1. The normalized spacial score (nSPS) is 25.9. The van der Waals surface area contributed by atoms with Gasteiger partial charge in [0.15, 0.2) is 0 Å². The van der Waals surface area contributed by atoms with Crippen LogP contribution in [0.25, 0.3) is 0 Å². The third-order valence-corrected chi connectivity index (χ3v) is 4.37. The number of nitrogens with one attached hydrogen (secondary N) is 1. The van der Waals surface area contributed by atoms with Crippen molar-refractivity contribution in [1.29, 1.82) is 0 Å². The van der Waals surface area contributed by atoms with Crippen molar-refractivity contribution in [2.75, 3.05) is 0 Å². The van der Waals surface area contributed by atoms with Crippen LogP contribution in [0, 0.1) is 5.92 Å². The van der Waals surface area contributed by atoms with Crippen molar-refractivity contribution in [3.8, 4) is 0 Å². The molecule has 2 rings (SSSR count). The number of aliphatic carboxylic acids is 1. The Morgan fingerprint density at radius 1 is 1.52 bits per heavy atom. The third kappa shape index (κ3) is 2.81. The molecule has 1 fully saturated rings. The first-order chi connectivity index (χ1) is 9.84. The molecule has 0 bridgehead atoms. The molecule has 0 radical (unpaired) electrons. The molecular weight excluding hydrogens is 296 g/mol. The Hall–Kier alpha value is -1.80. The van der Waals surface area contributed by atoms with E-state index in [0.29, 0.717) is 11.3 Å². The van der Waals surface area contributed by atoms with Gasteiger partial charge in [0.1, 0.15) is 5.70 Å². The van der Waals surface area contributed by atoms with Gasteiger partial charge < -0.3 is 20.4 Å². The SMILES string of the molecule is CC(=O)N/C=C\SC1=C(C(=O)O)N2C(=O)C([C@H](C)O)C2C1. The number of rotatable bonds is 5. The van der Waals surface area contributed by atoms with Gasteiger partial charge >= 0.3 is 5.97 Å². The highest BCUT2D eigenvalue weighted by atomic mass is 32.2. The fourth-order valence-electron chi connectivity index (χ4n) is 2.60. The lowest BCUT2D eigenvalue weighted by molar-refractivity contribution is -0.161. The van der Waals surface area contributed by atoms with Crippen molar-refractivity contribution in [2.24, 2.45) is 5.92 Å². The van der Waals surface area contributed by atoms with Gasteiger partial charge in [-0.1, -0.05) is 11.8 Å². The van der Waals surface area contributed by atoms with Crippen LogP contribution >= 0.6 is 11.8 Å². The van der Waals surface area contributed by atoms with Gasteiger partial charge in [-0.2, -0.15) is 0 Å². The molecule has 0 spiro atoms. The summed E-state index contributed by atoms with van der Waals surface area (Å²) in [5, 5.41) is 22.9. The quantitative estimate of drug-likeness (QED) is 0.628. The topological polar surface area (TPSA) is 107 Å². The number of thioether (sulfide) groups is 1. The van der Waals surface area contributed by atoms with Crippen LogP contribution in [-0.2, 0) is 14.4 Å². The summed E-state index contributed by atoms with van der Waals surface area (Å²) >= 11 is 1.15. The smallest absolute Gasteiger partial charge is 0.353 e. The Morgan fingerprint density at radius 3 is 2.71 bits per heavy atom. The standard InChI is InChI=1S/C13H16N2O5S/c1-6(16)10-8-5-9(21-4-3-14-7(2)17)11(13(19)20)15(8)12(10)18/h3-4,6,8,10,16H,5H2,1-2H3,(H,14,17)(H,19,20)/b4-3-/t6-,8?,10?/m0/s1. The minimum absolute atomic E-state index is 0.0284. The second-order valence-electron chi connectivity index (χ2n) is 4.94. The molecule has 8 heteroatoms. The second kappa shape index (κ2) is 5.90. The molecule has 1 saturated heterocycles. The molecular formula is C13H16N2O5S. The summed E-state index contributed by atoms with van der Waals surface area (Å²) in [5.41, 5.74) is -0.0284. The summed E-state index contributed by atoms with van der Waals surface area (Å²) in [4.78, 5) is 35.8. The lowest BCUT2D eigenvalue weighted by atomic mass is 9.83. The van der Waals surface area contributed by atoms with Gasteiger partial charge in [-0.25, -0.2) is 4.79 Å². The highest BCUT2D eigenvalue weighted by molar-refractivity contribution is 8.05.